The van der Waals surface area contributed by atoms with Crippen molar-refractivity contribution in [2.45, 2.75) is 16.6 Å². The topological polar surface area (TPSA) is 101 Å². The number of carbonyl (C=O) groups excluding carboxylic acids is 1. The Kier molecular flexibility index (Phi) is 4.59. The zero-order chi connectivity index (χ0) is 16.2. The highest BCUT2D eigenvalue weighted by molar-refractivity contribution is 7.92. The molecule has 0 aliphatic heterocycles. The van der Waals surface area contributed by atoms with Crippen LogP contribution in [-0.2, 0) is 16.3 Å². The summed E-state index contributed by atoms with van der Waals surface area (Å²) in [6, 6.07) is 16.0. The Hall–Kier alpha value is -2.65. The molecule has 1 amide bonds. The predicted octanol–water partition coefficient (Wildman–Crippen LogP) is 1.69. The van der Waals surface area contributed by atoms with Crippen molar-refractivity contribution in [3.8, 4) is 6.07 Å². The Morgan fingerprint density at radius 1 is 1.09 bits per heavy atom. The summed E-state index contributed by atoms with van der Waals surface area (Å²) in [4.78, 5) is 11.1. The summed E-state index contributed by atoms with van der Waals surface area (Å²) in [6.45, 7) is 0. The van der Waals surface area contributed by atoms with E-state index >= 15 is 0 Å². The van der Waals surface area contributed by atoms with Crippen molar-refractivity contribution in [3.63, 3.8) is 0 Å². The second-order valence-corrected chi connectivity index (χ2v) is 6.87. The number of hydrogen-bond acceptors (Lipinski definition) is 4. The van der Waals surface area contributed by atoms with Gasteiger partial charge >= 0.3 is 0 Å². The van der Waals surface area contributed by atoms with Gasteiger partial charge in [-0.2, -0.15) is 5.26 Å². The molecule has 2 aromatic rings. The lowest BCUT2D eigenvalue weighted by Crippen LogP contribution is -2.22. The molecule has 1 atom stereocenters. The predicted molar refractivity (Wildman–Crippen MR) is 81.7 cm³/mol. The van der Waals surface area contributed by atoms with Crippen LogP contribution in [0.4, 0.5) is 0 Å². The standard InChI is InChI=1S/C16H14N2O3S/c17-11-15(22(20,21)14-4-2-1-3-5-14)10-12-6-8-13(9-7-12)16(18)19/h1-9,15H,10H2,(H2,18,19). The van der Waals surface area contributed by atoms with Crippen LogP contribution in [0.3, 0.4) is 0 Å². The monoisotopic (exact) mass is 314 g/mol. The molecule has 0 bridgehead atoms. The van der Waals surface area contributed by atoms with Crippen LogP contribution in [-0.4, -0.2) is 19.6 Å². The average molecular weight is 314 g/mol. The summed E-state index contributed by atoms with van der Waals surface area (Å²) in [6.07, 6.45) is 0.0484. The van der Waals surface area contributed by atoms with Gasteiger partial charge in [0.25, 0.3) is 0 Å². The number of hydrogen-bond donors (Lipinski definition) is 1. The molecular formula is C16H14N2O3S. The van der Waals surface area contributed by atoms with Crippen molar-refractivity contribution >= 4 is 15.7 Å². The first-order chi connectivity index (χ1) is 10.4. The number of amides is 1. The third-order valence-electron chi connectivity index (χ3n) is 3.25. The minimum Gasteiger partial charge on any atom is -0.366 e. The second-order valence-electron chi connectivity index (χ2n) is 4.74. The van der Waals surface area contributed by atoms with Gasteiger partial charge in [-0.1, -0.05) is 30.3 Å². The van der Waals surface area contributed by atoms with Gasteiger partial charge in [0.1, 0.15) is 0 Å². The Morgan fingerprint density at radius 3 is 2.18 bits per heavy atom. The van der Waals surface area contributed by atoms with Gasteiger partial charge in [0.2, 0.25) is 5.91 Å². The third-order valence-corrected chi connectivity index (χ3v) is 5.20. The molecule has 6 heteroatoms. The van der Waals surface area contributed by atoms with Gasteiger partial charge in [0.15, 0.2) is 15.1 Å². The largest absolute Gasteiger partial charge is 0.366 e. The molecule has 2 rings (SSSR count). The fraction of sp³-hybridized carbons (Fsp3) is 0.125. The van der Waals surface area contributed by atoms with Gasteiger partial charge in [-0.25, -0.2) is 8.42 Å². The molecule has 0 aliphatic rings. The number of nitriles is 1. The molecule has 0 radical (unpaired) electrons. The molecule has 2 N–H and O–H groups in total. The highest BCUT2D eigenvalue weighted by atomic mass is 32.2. The molecular weight excluding hydrogens is 300 g/mol. The molecule has 0 fully saturated rings. The first-order valence-electron chi connectivity index (χ1n) is 6.52. The summed E-state index contributed by atoms with van der Waals surface area (Å²) in [7, 11) is -3.73. The van der Waals surface area contributed by atoms with Crippen LogP contribution in [0.15, 0.2) is 59.5 Å². The van der Waals surface area contributed by atoms with Crippen molar-refractivity contribution in [1.29, 1.82) is 5.26 Å². The number of rotatable bonds is 5. The van der Waals surface area contributed by atoms with Crippen LogP contribution in [0.1, 0.15) is 15.9 Å². The maximum absolute atomic E-state index is 12.4. The maximum atomic E-state index is 12.4. The number of benzene rings is 2. The molecule has 0 heterocycles. The molecule has 112 valence electrons. The van der Waals surface area contributed by atoms with Crippen LogP contribution >= 0.6 is 0 Å². The van der Waals surface area contributed by atoms with Gasteiger partial charge in [-0.05, 0) is 29.8 Å². The van der Waals surface area contributed by atoms with E-state index in [0.29, 0.717) is 11.1 Å². The van der Waals surface area contributed by atoms with Gasteiger partial charge in [-0.3, -0.25) is 4.79 Å². The van der Waals surface area contributed by atoms with Crippen molar-refractivity contribution in [2.24, 2.45) is 5.73 Å². The van der Waals surface area contributed by atoms with Crippen LogP contribution in [0.5, 0.6) is 0 Å². The quantitative estimate of drug-likeness (QED) is 0.907. The fourth-order valence-corrected chi connectivity index (χ4v) is 3.43. The Balaban J connectivity index is 2.26. The van der Waals surface area contributed by atoms with E-state index in [1.54, 1.807) is 30.3 Å². The number of carbonyl (C=O) groups is 1. The molecule has 5 nitrogen and oxygen atoms in total. The third kappa shape index (κ3) is 3.32. The Morgan fingerprint density at radius 2 is 1.68 bits per heavy atom. The van der Waals surface area contributed by atoms with Crippen LogP contribution < -0.4 is 5.73 Å². The van der Waals surface area contributed by atoms with Crippen LogP contribution in [0, 0.1) is 11.3 Å². The average Bonchev–Trinajstić information content (AvgIpc) is 2.53. The highest BCUT2D eigenvalue weighted by Crippen LogP contribution is 2.19. The number of nitrogens with two attached hydrogens (primary N) is 1. The van der Waals surface area contributed by atoms with E-state index < -0.39 is 21.0 Å². The minimum absolute atomic E-state index is 0.0484. The van der Waals surface area contributed by atoms with Crippen molar-refractivity contribution in [1.82, 2.24) is 0 Å². The lowest BCUT2D eigenvalue weighted by atomic mass is 10.1. The van der Waals surface area contributed by atoms with Crippen molar-refractivity contribution in [3.05, 3.63) is 65.7 Å². The van der Waals surface area contributed by atoms with E-state index in [0.717, 1.165) is 0 Å². The van der Waals surface area contributed by atoms with Gasteiger partial charge in [-0.15, -0.1) is 0 Å². The molecule has 0 saturated carbocycles. The molecule has 0 spiro atoms. The summed E-state index contributed by atoms with van der Waals surface area (Å²) < 4.78 is 24.9. The molecule has 0 aliphatic carbocycles. The van der Waals surface area contributed by atoms with Gasteiger partial charge < -0.3 is 5.73 Å². The normalized spacial score (nSPS) is 12.3. The molecule has 0 saturated heterocycles. The smallest absolute Gasteiger partial charge is 0.248 e. The molecule has 22 heavy (non-hydrogen) atoms. The number of primary amides is 1. The summed E-state index contributed by atoms with van der Waals surface area (Å²) in [5.41, 5.74) is 6.13. The number of sulfone groups is 1. The van der Waals surface area contributed by atoms with Crippen molar-refractivity contribution in [2.75, 3.05) is 0 Å². The first-order valence-corrected chi connectivity index (χ1v) is 8.07. The maximum Gasteiger partial charge on any atom is 0.248 e. The van der Waals surface area contributed by atoms with E-state index in [4.69, 9.17) is 5.73 Å². The Labute approximate surface area is 128 Å². The van der Waals surface area contributed by atoms with Crippen LogP contribution in [0.2, 0.25) is 0 Å². The lowest BCUT2D eigenvalue weighted by Gasteiger charge is -2.11. The van der Waals surface area contributed by atoms with E-state index in [1.165, 1.54) is 24.3 Å². The lowest BCUT2D eigenvalue weighted by molar-refractivity contribution is 0.100. The first kappa shape index (κ1) is 15.7. The number of nitrogens with zero attached hydrogens (tertiary/aromatic N) is 1. The fourth-order valence-electron chi connectivity index (χ4n) is 2.02. The minimum atomic E-state index is -3.73. The van der Waals surface area contributed by atoms with E-state index in [9.17, 15) is 18.5 Å². The van der Waals surface area contributed by atoms with Gasteiger partial charge in [0, 0.05) is 12.0 Å². The SMILES string of the molecule is N#CC(Cc1ccc(C(N)=O)cc1)S(=O)(=O)c1ccccc1. The summed E-state index contributed by atoms with van der Waals surface area (Å²) in [5, 5.41) is 8.04. The zero-order valence-corrected chi connectivity index (χ0v) is 12.5. The summed E-state index contributed by atoms with van der Waals surface area (Å²) >= 11 is 0. The van der Waals surface area contributed by atoms with E-state index in [1.807, 2.05) is 6.07 Å². The summed E-state index contributed by atoms with van der Waals surface area (Å²) in [5.74, 6) is -0.555. The molecule has 0 aromatic heterocycles. The van der Waals surface area contributed by atoms with Crippen LogP contribution in [0.25, 0.3) is 0 Å². The highest BCUT2D eigenvalue weighted by Gasteiger charge is 2.27. The van der Waals surface area contributed by atoms with E-state index in [2.05, 4.69) is 0 Å². The van der Waals surface area contributed by atoms with E-state index in [-0.39, 0.29) is 11.3 Å². The van der Waals surface area contributed by atoms with Gasteiger partial charge in [0.05, 0.1) is 11.0 Å². The second kappa shape index (κ2) is 6.41. The molecule has 1 unspecified atom stereocenters. The van der Waals surface area contributed by atoms with Crippen molar-refractivity contribution < 1.29 is 13.2 Å². The Bertz CT molecular complexity index is 807. The zero-order valence-electron chi connectivity index (χ0n) is 11.6. The molecule has 2 aromatic carbocycles.